The molecule has 0 heterocycles. The Bertz CT molecular complexity index is 374. The third-order valence-corrected chi connectivity index (χ3v) is 3.57. The predicted octanol–water partition coefficient (Wildman–Crippen LogP) is 3.40. The van der Waals surface area contributed by atoms with Crippen molar-refractivity contribution in [3.8, 4) is 0 Å². The van der Waals surface area contributed by atoms with Gasteiger partial charge in [-0.05, 0) is 26.2 Å². The van der Waals surface area contributed by atoms with Gasteiger partial charge in [0.2, 0.25) is 0 Å². The maximum absolute atomic E-state index is 11.6. The number of unbranched alkanes of at least 4 members (excludes halogenated alkanes) is 3. The molecule has 0 unspecified atom stereocenters. The van der Waals surface area contributed by atoms with Crippen LogP contribution in [0.3, 0.4) is 0 Å². The third-order valence-electron chi connectivity index (χ3n) is 3.57. The van der Waals surface area contributed by atoms with Crippen LogP contribution in [0.15, 0.2) is 11.6 Å². The second kappa shape index (κ2) is 13.1. The van der Waals surface area contributed by atoms with E-state index >= 15 is 0 Å². The van der Waals surface area contributed by atoms with E-state index in [1.807, 2.05) is 0 Å². The van der Waals surface area contributed by atoms with Crippen molar-refractivity contribution in [3.63, 3.8) is 0 Å². The van der Waals surface area contributed by atoms with Crippen molar-refractivity contribution in [2.45, 2.75) is 72.3 Å². The fourth-order valence-electron chi connectivity index (χ4n) is 1.92. The van der Waals surface area contributed by atoms with Crippen LogP contribution in [-0.4, -0.2) is 36.4 Å². The second-order valence-corrected chi connectivity index (χ2v) is 6.21. The molecular weight excluding hydrogens is 296 g/mol. The van der Waals surface area contributed by atoms with Crippen LogP contribution >= 0.6 is 0 Å². The number of hydrogen-bond acceptors (Lipinski definition) is 5. The highest BCUT2D eigenvalue weighted by Gasteiger charge is 2.16. The molecular formula is C18H32O5. The summed E-state index contributed by atoms with van der Waals surface area (Å²) in [6.45, 7) is 7.30. The molecule has 0 fully saturated rings. The third kappa shape index (κ3) is 11.8. The molecule has 0 aromatic carbocycles. The largest absolute Gasteiger partial charge is 0.462 e. The Morgan fingerprint density at radius 1 is 1.13 bits per heavy atom. The number of allylic oxidation sites excluding steroid dienone is 1. The van der Waals surface area contributed by atoms with Crippen LogP contribution in [0.4, 0.5) is 0 Å². The molecule has 0 saturated carbocycles. The van der Waals surface area contributed by atoms with Crippen molar-refractivity contribution in [1.29, 1.82) is 0 Å². The molecule has 23 heavy (non-hydrogen) atoms. The van der Waals surface area contributed by atoms with Crippen LogP contribution in [-0.2, 0) is 19.1 Å². The monoisotopic (exact) mass is 328 g/mol. The van der Waals surface area contributed by atoms with E-state index in [0.717, 1.165) is 25.2 Å². The summed E-state index contributed by atoms with van der Waals surface area (Å²) in [6, 6.07) is 0. The summed E-state index contributed by atoms with van der Waals surface area (Å²) in [4.78, 5) is 23.2. The summed E-state index contributed by atoms with van der Waals surface area (Å²) < 4.78 is 10.1. The van der Waals surface area contributed by atoms with Crippen molar-refractivity contribution in [2.24, 2.45) is 5.92 Å². The molecule has 0 aromatic heterocycles. The first kappa shape index (κ1) is 21.6. The van der Waals surface area contributed by atoms with Crippen LogP contribution in [0.1, 0.15) is 66.2 Å². The lowest BCUT2D eigenvalue weighted by molar-refractivity contribution is -0.158. The minimum absolute atomic E-state index is 0.106. The van der Waals surface area contributed by atoms with Gasteiger partial charge in [-0.1, -0.05) is 45.6 Å². The molecule has 1 N–H and O–H groups in total. The van der Waals surface area contributed by atoms with E-state index in [1.54, 1.807) is 19.9 Å². The molecule has 0 aromatic rings. The van der Waals surface area contributed by atoms with E-state index in [2.05, 4.69) is 13.8 Å². The average molecular weight is 328 g/mol. The van der Waals surface area contributed by atoms with Gasteiger partial charge in [-0.2, -0.15) is 0 Å². The number of esters is 2. The number of carbonyl (C=O) groups excluding carboxylic acids is 2. The fraction of sp³-hybridized carbons (Fsp3) is 0.778. The van der Waals surface area contributed by atoms with E-state index in [4.69, 9.17) is 9.47 Å². The van der Waals surface area contributed by atoms with Crippen LogP contribution < -0.4 is 0 Å². The highest BCUT2D eigenvalue weighted by atomic mass is 16.6. The highest BCUT2D eigenvalue weighted by Crippen LogP contribution is 2.11. The maximum Gasteiger partial charge on any atom is 0.333 e. The van der Waals surface area contributed by atoms with E-state index in [1.165, 1.54) is 12.8 Å². The molecule has 0 rings (SSSR count). The molecule has 0 saturated heterocycles. The fourth-order valence-corrected chi connectivity index (χ4v) is 1.92. The smallest absolute Gasteiger partial charge is 0.333 e. The van der Waals surface area contributed by atoms with Gasteiger partial charge in [0.25, 0.3) is 0 Å². The second-order valence-electron chi connectivity index (χ2n) is 6.21. The topological polar surface area (TPSA) is 72.8 Å². The van der Waals surface area contributed by atoms with E-state index < -0.39 is 12.1 Å². The number of rotatable bonds is 12. The maximum atomic E-state index is 11.6. The molecule has 1 atom stereocenters. The number of hydrogen-bond donors (Lipinski definition) is 1. The van der Waals surface area contributed by atoms with Crippen LogP contribution in [0.5, 0.6) is 0 Å². The summed E-state index contributed by atoms with van der Waals surface area (Å²) in [5.74, 6) is -0.0943. The van der Waals surface area contributed by atoms with Crippen LogP contribution in [0.2, 0.25) is 0 Å². The zero-order valence-electron chi connectivity index (χ0n) is 15.0. The van der Waals surface area contributed by atoms with Gasteiger partial charge in [-0.25, -0.2) is 4.79 Å². The van der Waals surface area contributed by atoms with Gasteiger partial charge in [0.1, 0.15) is 6.61 Å². The van der Waals surface area contributed by atoms with Crippen molar-refractivity contribution >= 4 is 11.9 Å². The van der Waals surface area contributed by atoms with Gasteiger partial charge in [-0.15, -0.1) is 0 Å². The first-order valence-electron chi connectivity index (χ1n) is 8.51. The number of aliphatic hydroxyl groups excluding tert-OH is 1. The minimum atomic E-state index is -0.813. The lowest BCUT2D eigenvalue weighted by Gasteiger charge is -2.15. The number of ether oxygens (including phenoxy) is 2. The Morgan fingerprint density at radius 3 is 2.35 bits per heavy atom. The Kier molecular flexibility index (Phi) is 12.3. The average Bonchev–Trinajstić information content (AvgIpc) is 2.53. The first-order chi connectivity index (χ1) is 10.9. The van der Waals surface area contributed by atoms with E-state index in [9.17, 15) is 14.7 Å². The van der Waals surface area contributed by atoms with Crippen LogP contribution in [0.25, 0.3) is 0 Å². The number of carbonyl (C=O) groups is 2. The van der Waals surface area contributed by atoms with Crippen molar-refractivity contribution in [1.82, 2.24) is 0 Å². The molecule has 0 aliphatic carbocycles. The molecule has 0 aliphatic rings. The Labute approximate surface area is 140 Å². The molecule has 0 bridgehead atoms. The Morgan fingerprint density at radius 2 is 1.78 bits per heavy atom. The first-order valence-corrected chi connectivity index (χ1v) is 8.51. The zero-order valence-corrected chi connectivity index (χ0v) is 15.0. The molecule has 0 aliphatic heterocycles. The quantitative estimate of drug-likeness (QED) is 0.338. The van der Waals surface area contributed by atoms with Gasteiger partial charge in [0, 0.05) is 12.0 Å². The molecule has 0 spiro atoms. The van der Waals surface area contributed by atoms with Gasteiger partial charge < -0.3 is 14.6 Å². The molecule has 5 heteroatoms. The Balaban J connectivity index is 3.82. The summed E-state index contributed by atoms with van der Waals surface area (Å²) in [5, 5.41) is 9.17. The van der Waals surface area contributed by atoms with Gasteiger partial charge in [0.15, 0.2) is 6.10 Å². The van der Waals surface area contributed by atoms with Gasteiger partial charge in [-0.3, -0.25) is 4.79 Å². The van der Waals surface area contributed by atoms with Crippen molar-refractivity contribution < 1.29 is 24.2 Å². The van der Waals surface area contributed by atoms with E-state index in [-0.39, 0.29) is 19.2 Å². The predicted molar refractivity (Wildman–Crippen MR) is 89.9 cm³/mol. The molecule has 5 nitrogen and oxygen atoms in total. The van der Waals surface area contributed by atoms with Gasteiger partial charge >= 0.3 is 11.9 Å². The minimum Gasteiger partial charge on any atom is -0.462 e. The van der Waals surface area contributed by atoms with Crippen LogP contribution in [0, 0.1) is 5.92 Å². The summed E-state index contributed by atoms with van der Waals surface area (Å²) in [7, 11) is 0. The van der Waals surface area contributed by atoms with Crippen molar-refractivity contribution in [2.75, 3.05) is 13.2 Å². The molecule has 0 amide bonds. The summed E-state index contributed by atoms with van der Waals surface area (Å²) >= 11 is 0. The summed E-state index contributed by atoms with van der Waals surface area (Å²) in [6.07, 6.45) is 6.54. The van der Waals surface area contributed by atoms with Gasteiger partial charge in [0.05, 0.1) is 6.61 Å². The van der Waals surface area contributed by atoms with Crippen molar-refractivity contribution in [3.05, 3.63) is 11.6 Å². The molecule has 134 valence electrons. The number of aliphatic hydroxyl groups is 1. The molecule has 0 radical (unpaired) electrons. The Hall–Kier alpha value is -1.36. The lowest BCUT2D eigenvalue weighted by atomic mass is 10.0. The SMILES string of the molecule is C/C=C(/C)C(=O)O[C@H](CO)COC(=O)CCCCCCC(C)C. The zero-order chi connectivity index (χ0) is 17.7. The lowest BCUT2D eigenvalue weighted by Crippen LogP contribution is -2.28. The summed E-state index contributed by atoms with van der Waals surface area (Å²) in [5.41, 5.74) is 0.455. The standard InChI is InChI=1S/C18H32O5/c1-5-15(4)18(21)23-16(12-19)13-22-17(20)11-9-7-6-8-10-14(2)3/h5,14,16,19H,6-13H2,1-4H3/b15-5-/t16-/m1/s1. The van der Waals surface area contributed by atoms with E-state index in [0.29, 0.717) is 12.0 Å². The normalized spacial score (nSPS) is 13.0. The highest BCUT2D eigenvalue weighted by molar-refractivity contribution is 5.87.